The van der Waals surface area contributed by atoms with Gasteiger partial charge in [0.05, 0.1) is 0 Å². The fourth-order valence-electron chi connectivity index (χ4n) is 3.24. The molecule has 0 saturated carbocycles. The second-order valence-corrected chi connectivity index (χ2v) is 6.16. The van der Waals surface area contributed by atoms with Gasteiger partial charge in [-0.3, -0.25) is 9.59 Å². The van der Waals surface area contributed by atoms with Gasteiger partial charge in [0, 0.05) is 5.69 Å². The van der Waals surface area contributed by atoms with Crippen molar-refractivity contribution < 1.29 is 9.59 Å². The van der Waals surface area contributed by atoms with Gasteiger partial charge >= 0.3 is 0 Å². The number of nitrogens with zero attached hydrogens (tertiary/aromatic N) is 1. The second-order valence-electron chi connectivity index (χ2n) is 6.16. The van der Waals surface area contributed by atoms with Crippen molar-refractivity contribution in [2.75, 3.05) is 11.4 Å². The van der Waals surface area contributed by atoms with Crippen LogP contribution in [0, 0.1) is 5.92 Å². The van der Waals surface area contributed by atoms with E-state index in [2.05, 4.69) is 17.4 Å². The number of carbonyl (C=O) groups is 2. The summed E-state index contributed by atoms with van der Waals surface area (Å²) in [6.07, 6.45) is 4.25. The van der Waals surface area contributed by atoms with Crippen LogP contribution >= 0.6 is 0 Å². The average molecular weight is 286 g/mol. The maximum absolute atomic E-state index is 12.7. The molecule has 21 heavy (non-hydrogen) atoms. The van der Waals surface area contributed by atoms with Crippen molar-refractivity contribution in [2.45, 2.75) is 45.6 Å². The number of benzene rings is 1. The van der Waals surface area contributed by atoms with E-state index in [0.29, 0.717) is 0 Å². The molecule has 0 spiro atoms. The Balaban J connectivity index is 1.89. The molecule has 2 unspecified atom stereocenters. The predicted molar refractivity (Wildman–Crippen MR) is 82.2 cm³/mol. The number of aryl methyl sites for hydroxylation is 2. The van der Waals surface area contributed by atoms with E-state index < -0.39 is 6.04 Å². The van der Waals surface area contributed by atoms with E-state index in [4.69, 9.17) is 0 Å². The molecule has 0 radical (unpaired) electrons. The van der Waals surface area contributed by atoms with Crippen LogP contribution in [0.25, 0.3) is 0 Å². The monoisotopic (exact) mass is 286 g/mol. The summed E-state index contributed by atoms with van der Waals surface area (Å²) in [4.78, 5) is 26.3. The van der Waals surface area contributed by atoms with Gasteiger partial charge in [0.2, 0.25) is 11.8 Å². The molecule has 1 aliphatic heterocycles. The van der Waals surface area contributed by atoms with E-state index in [-0.39, 0.29) is 24.3 Å². The molecule has 4 heteroatoms. The first kappa shape index (κ1) is 14.1. The van der Waals surface area contributed by atoms with Gasteiger partial charge in [0.25, 0.3) is 0 Å². The van der Waals surface area contributed by atoms with Gasteiger partial charge in [-0.25, -0.2) is 0 Å². The van der Waals surface area contributed by atoms with E-state index in [9.17, 15) is 9.59 Å². The Labute approximate surface area is 125 Å². The number of carbonyl (C=O) groups excluding carboxylic acids is 2. The lowest BCUT2D eigenvalue weighted by Gasteiger charge is -2.35. The minimum absolute atomic E-state index is 0.0156. The minimum Gasteiger partial charge on any atom is -0.342 e. The first-order chi connectivity index (χ1) is 10.1. The Morgan fingerprint density at radius 2 is 2.05 bits per heavy atom. The summed E-state index contributed by atoms with van der Waals surface area (Å²) >= 11 is 0. The number of piperazine rings is 1. The summed E-state index contributed by atoms with van der Waals surface area (Å²) in [6.45, 7) is 4.18. The number of nitrogens with one attached hydrogen (secondary N) is 1. The molecule has 2 atom stereocenters. The van der Waals surface area contributed by atoms with Crippen LogP contribution in [-0.4, -0.2) is 24.4 Å². The van der Waals surface area contributed by atoms with Crippen molar-refractivity contribution in [3.63, 3.8) is 0 Å². The average Bonchev–Trinajstić information content (AvgIpc) is 2.95. The Morgan fingerprint density at radius 3 is 2.81 bits per heavy atom. The molecule has 1 saturated heterocycles. The minimum atomic E-state index is -0.399. The topological polar surface area (TPSA) is 49.4 Å². The summed E-state index contributed by atoms with van der Waals surface area (Å²) in [6, 6.07) is 5.78. The van der Waals surface area contributed by atoms with E-state index in [1.54, 1.807) is 4.90 Å². The third kappa shape index (κ3) is 2.55. The molecule has 4 nitrogen and oxygen atoms in total. The first-order valence-electron chi connectivity index (χ1n) is 7.82. The molecule has 1 aromatic carbocycles. The maximum Gasteiger partial charge on any atom is 0.250 e. The van der Waals surface area contributed by atoms with Crippen LogP contribution in [0.15, 0.2) is 18.2 Å². The number of fused-ring (bicyclic) bond motifs is 1. The van der Waals surface area contributed by atoms with Gasteiger partial charge in [0.15, 0.2) is 0 Å². The highest BCUT2D eigenvalue weighted by Crippen LogP contribution is 2.28. The quantitative estimate of drug-likeness (QED) is 0.924. The third-order valence-electron chi connectivity index (χ3n) is 4.76. The normalized spacial score (nSPS) is 23.0. The molecule has 2 amide bonds. The summed E-state index contributed by atoms with van der Waals surface area (Å²) in [7, 11) is 0. The van der Waals surface area contributed by atoms with Crippen LogP contribution < -0.4 is 10.2 Å². The van der Waals surface area contributed by atoms with Crippen molar-refractivity contribution >= 4 is 17.5 Å². The lowest BCUT2D eigenvalue weighted by atomic mass is 9.95. The van der Waals surface area contributed by atoms with Crippen LogP contribution in [0.3, 0.4) is 0 Å². The molecular formula is C17H22N2O2. The smallest absolute Gasteiger partial charge is 0.250 e. The van der Waals surface area contributed by atoms with Crippen molar-refractivity contribution in [1.29, 1.82) is 0 Å². The van der Waals surface area contributed by atoms with Crippen molar-refractivity contribution in [3.8, 4) is 0 Å². The highest BCUT2D eigenvalue weighted by atomic mass is 16.2. The summed E-state index contributed by atoms with van der Waals surface area (Å²) in [5, 5.41) is 2.84. The zero-order valence-electron chi connectivity index (χ0n) is 12.7. The molecular weight excluding hydrogens is 264 g/mol. The number of amides is 2. The molecule has 3 rings (SSSR count). The van der Waals surface area contributed by atoms with Crippen molar-refractivity contribution in [3.05, 3.63) is 29.3 Å². The largest absolute Gasteiger partial charge is 0.342 e. The standard InChI is InChI=1S/C17H22N2O2/c1-3-11(2)16-17(21)19(10-15(20)18-16)14-8-7-12-5-4-6-13(12)9-14/h7-9,11,16H,3-6,10H2,1-2H3,(H,18,20). The highest BCUT2D eigenvalue weighted by Gasteiger charge is 2.36. The van der Waals surface area contributed by atoms with Crippen LogP contribution in [0.2, 0.25) is 0 Å². The van der Waals surface area contributed by atoms with Crippen molar-refractivity contribution in [1.82, 2.24) is 5.32 Å². The Bertz CT molecular complexity index is 582. The van der Waals surface area contributed by atoms with E-state index in [0.717, 1.165) is 24.9 Å². The zero-order valence-corrected chi connectivity index (χ0v) is 12.7. The third-order valence-corrected chi connectivity index (χ3v) is 4.76. The van der Waals surface area contributed by atoms with Gasteiger partial charge in [-0.2, -0.15) is 0 Å². The fraction of sp³-hybridized carbons (Fsp3) is 0.529. The SMILES string of the molecule is CCC(C)C1NC(=O)CN(c2ccc3c(c2)CCC3)C1=O. The number of anilines is 1. The number of hydrogen-bond acceptors (Lipinski definition) is 2. The lowest BCUT2D eigenvalue weighted by molar-refractivity contribution is -0.132. The zero-order chi connectivity index (χ0) is 15.0. The summed E-state index contributed by atoms with van der Waals surface area (Å²) < 4.78 is 0. The van der Waals surface area contributed by atoms with Gasteiger partial charge in [-0.15, -0.1) is 0 Å². The predicted octanol–water partition coefficient (Wildman–Crippen LogP) is 2.05. The Hall–Kier alpha value is -1.84. The molecule has 112 valence electrons. The van der Waals surface area contributed by atoms with Gasteiger partial charge in [-0.1, -0.05) is 26.3 Å². The van der Waals surface area contributed by atoms with Crippen LogP contribution in [0.4, 0.5) is 5.69 Å². The van der Waals surface area contributed by atoms with Crippen LogP contribution in [0.1, 0.15) is 37.8 Å². The summed E-state index contributed by atoms with van der Waals surface area (Å²) in [5.74, 6) is 0.0981. The first-order valence-corrected chi connectivity index (χ1v) is 7.82. The maximum atomic E-state index is 12.7. The molecule has 1 aromatic rings. The molecule has 0 bridgehead atoms. The Morgan fingerprint density at radius 1 is 1.29 bits per heavy atom. The van der Waals surface area contributed by atoms with Crippen molar-refractivity contribution in [2.24, 2.45) is 5.92 Å². The molecule has 1 heterocycles. The van der Waals surface area contributed by atoms with Crippen LogP contribution in [-0.2, 0) is 22.4 Å². The molecule has 0 aromatic heterocycles. The van der Waals surface area contributed by atoms with E-state index >= 15 is 0 Å². The molecule has 2 aliphatic rings. The summed E-state index contributed by atoms with van der Waals surface area (Å²) in [5.41, 5.74) is 3.57. The van der Waals surface area contributed by atoms with Gasteiger partial charge in [0.1, 0.15) is 12.6 Å². The highest BCUT2D eigenvalue weighted by molar-refractivity contribution is 6.06. The number of rotatable bonds is 3. The molecule has 1 N–H and O–H groups in total. The molecule has 1 fully saturated rings. The van der Waals surface area contributed by atoms with Gasteiger partial charge in [-0.05, 0) is 48.4 Å². The Kier molecular flexibility index (Phi) is 3.70. The van der Waals surface area contributed by atoms with E-state index in [1.807, 2.05) is 19.9 Å². The van der Waals surface area contributed by atoms with E-state index in [1.165, 1.54) is 17.5 Å². The fourth-order valence-corrected chi connectivity index (χ4v) is 3.24. The second kappa shape index (κ2) is 5.51. The van der Waals surface area contributed by atoms with Crippen LogP contribution in [0.5, 0.6) is 0 Å². The van der Waals surface area contributed by atoms with Gasteiger partial charge < -0.3 is 10.2 Å². The lowest BCUT2D eigenvalue weighted by Crippen LogP contribution is -2.60. The number of hydrogen-bond donors (Lipinski definition) is 1. The molecule has 1 aliphatic carbocycles.